The molecule has 3 rings (SSSR count). The van der Waals surface area contributed by atoms with E-state index in [2.05, 4.69) is 0 Å². The van der Waals surface area contributed by atoms with Crippen LogP contribution in [-0.2, 0) is 14.3 Å². The molecule has 2 amide bonds. The summed E-state index contributed by atoms with van der Waals surface area (Å²) in [5.74, 6) is -4.38. The molecule has 0 aliphatic carbocycles. The van der Waals surface area contributed by atoms with Crippen molar-refractivity contribution in [3.05, 3.63) is 35.6 Å². The van der Waals surface area contributed by atoms with Gasteiger partial charge in [0, 0.05) is 51.6 Å². The van der Waals surface area contributed by atoms with E-state index in [9.17, 15) is 22.8 Å². The number of halogens is 3. The molecule has 2 aliphatic heterocycles. The number of rotatable bonds is 5. The zero-order valence-corrected chi connectivity index (χ0v) is 15.9. The lowest BCUT2D eigenvalue weighted by Crippen LogP contribution is -2.52. The van der Waals surface area contributed by atoms with E-state index in [0.29, 0.717) is 0 Å². The van der Waals surface area contributed by atoms with Crippen LogP contribution in [-0.4, -0.2) is 60.9 Å². The zero-order chi connectivity index (χ0) is 20.3. The minimum absolute atomic E-state index is 0.0294. The van der Waals surface area contributed by atoms with Crippen molar-refractivity contribution >= 4 is 11.8 Å². The Morgan fingerprint density at radius 3 is 2.57 bits per heavy atom. The number of hydrogen-bond acceptors (Lipinski definition) is 3. The molecule has 0 N–H and O–H groups in total. The summed E-state index contributed by atoms with van der Waals surface area (Å²) in [6, 6.07) is 5.31. The fourth-order valence-electron chi connectivity index (χ4n) is 4.05. The second-order valence-electron chi connectivity index (χ2n) is 7.37. The molecular formula is C20H25F3N2O3. The second-order valence-corrected chi connectivity index (χ2v) is 7.37. The van der Waals surface area contributed by atoms with Crippen LogP contribution in [0.1, 0.15) is 37.3 Å². The van der Waals surface area contributed by atoms with Gasteiger partial charge >= 0.3 is 0 Å². The molecule has 0 saturated carbocycles. The molecule has 1 aromatic carbocycles. The van der Waals surface area contributed by atoms with Crippen molar-refractivity contribution in [3.63, 3.8) is 0 Å². The molecule has 0 spiro atoms. The van der Waals surface area contributed by atoms with Gasteiger partial charge in [0.15, 0.2) is 0 Å². The molecule has 2 aliphatic rings. The molecule has 2 fully saturated rings. The van der Waals surface area contributed by atoms with Crippen LogP contribution in [0.4, 0.5) is 13.2 Å². The van der Waals surface area contributed by atoms with Crippen LogP contribution >= 0.6 is 0 Å². The first-order valence-corrected chi connectivity index (χ1v) is 9.53. The first-order chi connectivity index (χ1) is 13.3. The van der Waals surface area contributed by atoms with Gasteiger partial charge in [-0.15, -0.1) is 0 Å². The maximum Gasteiger partial charge on any atom is 0.251 e. The maximum atomic E-state index is 14.6. The fourth-order valence-corrected chi connectivity index (χ4v) is 4.05. The van der Waals surface area contributed by atoms with Crippen LogP contribution in [0, 0.1) is 11.7 Å². The van der Waals surface area contributed by atoms with E-state index < -0.39 is 23.7 Å². The monoisotopic (exact) mass is 398 g/mol. The number of methoxy groups -OCH3 is 1. The number of hydrogen-bond donors (Lipinski definition) is 0. The van der Waals surface area contributed by atoms with Crippen LogP contribution in [0.15, 0.2) is 24.3 Å². The predicted octanol–water partition coefficient (Wildman–Crippen LogP) is 3.01. The molecule has 0 unspecified atom stereocenters. The molecule has 5 nitrogen and oxygen atoms in total. The number of alkyl halides is 2. The molecule has 0 radical (unpaired) electrons. The SMILES string of the molecule is COCCN1C(=O)CC[C@@H](C(=O)N2CCC(F)(F)CC2)[C@@H]1c1ccccc1F. The maximum absolute atomic E-state index is 14.6. The van der Waals surface area contributed by atoms with Gasteiger partial charge in [0.2, 0.25) is 11.8 Å². The predicted molar refractivity (Wildman–Crippen MR) is 96.2 cm³/mol. The van der Waals surface area contributed by atoms with Crippen molar-refractivity contribution < 1.29 is 27.5 Å². The Morgan fingerprint density at radius 1 is 1.25 bits per heavy atom. The van der Waals surface area contributed by atoms with Crippen LogP contribution in [0.25, 0.3) is 0 Å². The fraction of sp³-hybridized carbons (Fsp3) is 0.600. The van der Waals surface area contributed by atoms with E-state index in [1.165, 1.54) is 23.0 Å². The highest BCUT2D eigenvalue weighted by Gasteiger charge is 2.44. The summed E-state index contributed by atoms with van der Waals surface area (Å²) in [5, 5.41) is 0. The van der Waals surface area contributed by atoms with Gasteiger partial charge in [0.05, 0.1) is 18.6 Å². The standard InChI is InChI=1S/C20H25F3N2O3/c1-28-13-12-25-17(26)7-6-15(18(25)14-4-2-3-5-16(14)21)19(27)24-10-8-20(22,23)9-11-24/h2-5,15,18H,6-13H2,1H3/t15-,18+/m1/s1. The van der Waals surface area contributed by atoms with Crippen LogP contribution in [0.5, 0.6) is 0 Å². The van der Waals surface area contributed by atoms with E-state index in [-0.39, 0.29) is 69.3 Å². The quantitative estimate of drug-likeness (QED) is 0.766. The Labute approximate surface area is 162 Å². The average molecular weight is 398 g/mol. The van der Waals surface area contributed by atoms with Gasteiger partial charge in [0.1, 0.15) is 5.82 Å². The molecule has 0 aromatic heterocycles. The van der Waals surface area contributed by atoms with Crippen molar-refractivity contribution in [1.29, 1.82) is 0 Å². The van der Waals surface area contributed by atoms with E-state index >= 15 is 0 Å². The van der Waals surface area contributed by atoms with Crippen molar-refractivity contribution in [3.8, 4) is 0 Å². The minimum atomic E-state index is -2.76. The Balaban J connectivity index is 1.90. The molecule has 28 heavy (non-hydrogen) atoms. The number of carbonyl (C=O) groups is 2. The number of carbonyl (C=O) groups excluding carboxylic acids is 2. The van der Waals surface area contributed by atoms with Gasteiger partial charge in [-0.1, -0.05) is 18.2 Å². The highest BCUT2D eigenvalue weighted by molar-refractivity contribution is 5.85. The number of nitrogens with zero attached hydrogens (tertiary/aromatic N) is 2. The smallest absolute Gasteiger partial charge is 0.251 e. The first-order valence-electron chi connectivity index (χ1n) is 9.53. The van der Waals surface area contributed by atoms with Crippen molar-refractivity contribution in [2.45, 2.75) is 37.6 Å². The second kappa shape index (κ2) is 8.51. The minimum Gasteiger partial charge on any atom is -0.383 e. The summed E-state index contributed by atoms with van der Waals surface area (Å²) in [7, 11) is 1.50. The summed E-state index contributed by atoms with van der Waals surface area (Å²) < 4.78 is 46.6. The van der Waals surface area contributed by atoms with Crippen LogP contribution in [0.3, 0.4) is 0 Å². The molecule has 154 valence electrons. The van der Waals surface area contributed by atoms with Crippen LogP contribution < -0.4 is 0 Å². The van der Waals surface area contributed by atoms with Gasteiger partial charge in [-0.3, -0.25) is 9.59 Å². The number of amides is 2. The molecule has 2 saturated heterocycles. The van der Waals surface area contributed by atoms with Crippen LogP contribution in [0.2, 0.25) is 0 Å². The van der Waals surface area contributed by atoms with Gasteiger partial charge in [0.25, 0.3) is 5.92 Å². The lowest BCUT2D eigenvalue weighted by Gasteiger charge is -2.43. The number of likely N-dealkylation sites (tertiary alicyclic amines) is 2. The van der Waals surface area contributed by atoms with Crippen molar-refractivity contribution in [1.82, 2.24) is 9.80 Å². The normalized spacial score (nSPS) is 25.1. The third-order valence-electron chi connectivity index (χ3n) is 5.59. The Kier molecular flexibility index (Phi) is 6.27. The molecular weight excluding hydrogens is 373 g/mol. The van der Waals surface area contributed by atoms with E-state index in [4.69, 9.17) is 4.74 Å². The Bertz CT molecular complexity index is 718. The lowest BCUT2D eigenvalue weighted by atomic mass is 9.82. The van der Waals surface area contributed by atoms with Gasteiger partial charge in [-0.25, -0.2) is 13.2 Å². The molecule has 2 atom stereocenters. The van der Waals surface area contributed by atoms with Crippen molar-refractivity contribution in [2.75, 3.05) is 33.4 Å². The summed E-state index contributed by atoms with van der Waals surface area (Å²) in [6.07, 6.45) is -0.313. The topological polar surface area (TPSA) is 49.9 Å². The summed E-state index contributed by atoms with van der Waals surface area (Å²) in [5.41, 5.74) is 0.271. The first kappa shape index (κ1) is 20.6. The Hall–Kier alpha value is -2.09. The third kappa shape index (κ3) is 4.32. The average Bonchev–Trinajstić information content (AvgIpc) is 2.67. The summed E-state index contributed by atoms with van der Waals surface area (Å²) in [6.45, 7) is 0.431. The summed E-state index contributed by atoms with van der Waals surface area (Å²) in [4.78, 5) is 28.6. The van der Waals surface area contributed by atoms with E-state index in [1.807, 2.05) is 0 Å². The van der Waals surface area contributed by atoms with Gasteiger partial charge in [-0.2, -0.15) is 0 Å². The molecule has 2 heterocycles. The zero-order valence-electron chi connectivity index (χ0n) is 15.9. The molecule has 8 heteroatoms. The molecule has 1 aromatic rings. The van der Waals surface area contributed by atoms with Crippen molar-refractivity contribution in [2.24, 2.45) is 5.92 Å². The number of ether oxygens (including phenoxy) is 1. The van der Waals surface area contributed by atoms with Gasteiger partial charge in [-0.05, 0) is 12.5 Å². The third-order valence-corrected chi connectivity index (χ3v) is 5.59. The highest BCUT2D eigenvalue weighted by Crippen LogP contribution is 2.39. The largest absolute Gasteiger partial charge is 0.383 e. The van der Waals surface area contributed by atoms with E-state index in [1.54, 1.807) is 18.2 Å². The van der Waals surface area contributed by atoms with E-state index in [0.717, 1.165) is 0 Å². The number of piperidine rings is 2. The Morgan fingerprint density at radius 2 is 1.93 bits per heavy atom. The lowest BCUT2D eigenvalue weighted by molar-refractivity contribution is -0.152. The highest BCUT2D eigenvalue weighted by atomic mass is 19.3. The number of benzene rings is 1. The molecule has 0 bridgehead atoms. The van der Waals surface area contributed by atoms with Gasteiger partial charge < -0.3 is 14.5 Å². The summed E-state index contributed by atoms with van der Waals surface area (Å²) >= 11 is 0.